The first-order valence-corrected chi connectivity index (χ1v) is 11.9. The third kappa shape index (κ3) is 3.31. The minimum absolute atomic E-state index is 0.807. The predicted molar refractivity (Wildman–Crippen MR) is 145 cm³/mol. The molecule has 0 fully saturated rings. The SMILES string of the molecule is c1ccc(-c2nnc(-c3ccccc3)n2-c2ccc(-c3cccc4c3oc3ccccc34)cc2)cc1. The third-order valence-corrected chi connectivity index (χ3v) is 6.57. The molecule has 0 spiro atoms. The minimum atomic E-state index is 0.807. The van der Waals surface area contributed by atoms with Gasteiger partial charge < -0.3 is 4.42 Å². The van der Waals surface area contributed by atoms with Crippen LogP contribution in [0.25, 0.3) is 61.5 Å². The maximum absolute atomic E-state index is 6.27. The van der Waals surface area contributed by atoms with Gasteiger partial charge in [0.15, 0.2) is 11.6 Å². The van der Waals surface area contributed by atoms with E-state index in [-0.39, 0.29) is 0 Å². The molecule has 7 aromatic rings. The van der Waals surface area contributed by atoms with E-state index < -0.39 is 0 Å². The van der Waals surface area contributed by atoms with Gasteiger partial charge in [0.2, 0.25) is 0 Å². The lowest BCUT2D eigenvalue weighted by Gasteiger charge is -2.12. The Morgan fingerprint density at radius 2 is 1.06 bits per heavy atom. The Labute approximate surface area is 208 Å². The number of hydrogen-bond donors (Lipinski definition) is 0. The van der Waals surface area contributed by atoms with E-state index in [9.17, 15) is 0 Å². The van der Waals surface area contributed by atoms with E-state index in [2.05, 4.69) is 87.6 Å². The van der Waals surface area contributed by atoms with Gasteiger partial charge >= 0.3 is 0 Å². The van der Waals surface area contributed by atoms with Gasteiger partial charge in [-0.1, -0.05) is 109 Å². The van der Waals surface area contributed by atoms with Crippen LogP contribution in [0.1, 0.15) is 0 Å². The first kappa shape index (κ1) is 20.4. The van der Waals surface area contributed by atoms with Crippen molar-refractivity contribution in [3.63, 3.8) is 0 Å². The summed E-state index contributed by atoms with van der Waals surface area (Å²) in [4.78, 5) is 0. The van der Waals surface area contributed by atoms with E-state index in [0.29, 0.717) is 0 Å². The van der Waals surface area contributed by atoms with Crippen LogP contribution in [0.4, 0.5) is 0 Å². The number of furan rings is 1. The fourth-order valence-corrected chi connectivity index (χ4v) is 4.84. The van der Waals surface area contributed by atoms with Gasteiger partial charge in [-0.15, -0.1) is 10.2 Å². The molecule has 0 atom stereocenters. The van der Waals surface area contributed by atoms with Crippen molar-refractivity contribution in [1.82, 2.24) is 14.8 Å². The molecule has 2 heterocycles. The Balaban J connectivity index is 1.38. The van der Waals surface area contributed by atoms with Crippen LogP contribution in [0.5, 0.6) is 0 Å². The Bertz CT molecular complexity index is 1760. The molecule has 0 aliphatic carbocycles. The van der Waals surface area contributed by atoms with E-state index in [1.807, 2.05) is 54.6 Å². The molecule has 0 bridgehead atoms. The summed E-state index contributed by atoms with van der Waals surface area (Å²) in [6.45, 7) is 0. The highest BCUT2D eigenvalue weighted by atomic mass is 16.3. The van der Waals surface area contributed by atoms with Crippen LogP contribution in [0, 0.1) is 0 Å². The summed E-state index contributed by atoms with van der Waals surface area (Å²) in [6.07, 6.45) is 0. The number of nitrogens with zero attached hydrogens (tertiary/aromatic N) is 3. The van der Waals surface area contributed by atoms with Crippen LogP contribution in [0.2, 0.25) is 0 Å². The zero-order valence-electron chi connectivity index (χ0n) is 19.4. The van der Waals surface area contributed by atoms with E-state index in [4.69, 9.17) is 4.42 Å². The lowest BCUT2D eigenvalue weighted by molar-refractivity contribution is 0.670. The summed E-state index contributed by atoms with van der Waals surface area (Å²) in [5, 5.41) is 11.4. The third-order valence-electron chi connectivity index (χ3n) is 6.57. The van der Waals surface area contributed by atoms with Crippen LogP contribution in [0.15, 0.2) is 132 Å². The van der Waals surface area contributed by atoms with Crippen LogP contribution >= 0.6 is 0 Å². The van der Waals surface area contributed by atoms with E-state index in [1.165, 1.54) is 0 Å². The molecule has 4 nitrogen and oxygen atoms in total. The van der Waals surface area contributed by atoms with E-state index >= 15 is 0 Å². The van der Waals surface area contributed by atoms with Crippen molar-refractivity contribution in [1.29, 1.82) is 0 Å². The maximum Gasteiger partial charge on any atom is 0.168 e. The Hall–Kier alpha value is -4.96. The van der Waals surface area contributed by atoms with E-state index in [1.54, 1.807) is 0 Å². The topological polar surface area (TPSA) is 43.9 Å². The van der Waals surface area contributed by atoms with Crippen molar-refractivity contribution in [2.75, 3.05) is 0 Å². The van der Waals surface area contributed by atoms with Crippen molar-refractivity contribution >= 4 is 21.9 Å². The van der Waals surface area contributed by atoms with Crippen LogP contribution in [-0.4, -0.2) is 14.8 Å². The molecule has 0 N–H and O–H groups in total. The first-order chi connectivity index (χ1) is 17.9. The zero-order valence-corrected chi connectivity index (χ0v) is 19.4. The molecule has 5 aromatic carbocycles. The Morgan fingerprint density at radius 1 is 0.472 bits per heavy atom. The molecule has 36 heavy (non-hydrogen) atoms. The highest BCUT2D eigenvalue weighted by molar-refractivity contribution is 6.09. The van der Waals surface area contributed by atoms with Gasteiger partial charge in [0, 0.05) is 33.2 Å². The van der Waals surface area contributed by atoms with Gasteiger partial charge in [0.05, 0.1) is 0 Å². The molecule has 0 unspecified atom stereocenters. The van der Waals surface area contributed by atoms with Crippen LogP contribution < -0.4 is 0 Å². The van der Waals surface area contributed by atoms with Crippen molar-refractivity contribution in [3.05, 3.63) is 127 Å². The fourth-order valence-electron chi connectivity index (χ4n) is 4.84. The monoisotopic (exact) mass is 463 g/mol. The molecule has 7 rings (SSSR count). The largest absolute Gasteiger partial charge is 0.455 e. The van der Waals surface area contributed by atoms with Gasteiger partial charge in [-0.05, 0) is 23.8 Å². The summed E-state index contributed by atoms with van der Waals surface area (Å²) in [7, 11) is 0. The summed E-state index contributed by atoms with van der Waals surface area (Å²) < 4.78 is 8.39. The normalized spacial score (nSPS) is 11.3. The van der Waals surface area contributed by atoms with Crippen molar-refractivity contribution in [2.45, 2.75) is 0 Å². The van der Waals surface area contributed by atoms with Crippen molar-refractivity contribution in [3.8, 4) is 39.6 Å². The summed E-state index contributed by atoms with van der Waals surface area (Å²) in [5.74, 6) is 1.61. The summed E-state index contributed by atoms with van der Waals surface area (Å²) in [6, 6.07) is 43.4. The molecule has 0 radical (unpaired) electrons. The quantitative estimate of drug-likeness (QED) is 0.264. The molecular weight excluding hydrogens is 442 g/mol. The molecule has 0 aliphatic heterocycles. The van der Waals surface area contributed by atoms with Crippen LogP contribution in [-0.2, 0) is 0 Å². The van der Waals surface area contributed by atoms with Gasteiger partial charge in [0.25, 0.3) is 0 Å². The number of fused-ring (bicyclic) bond motifs is 3. The summed E-state index contributed by atoms with van der Waals surface area (Å²) in [5.41, 5.74) is 7.01. The standard InChI is InChI=1S/C32H21N3O/c1-3-10-23(11-4-1)31-33-34-32(24-12-5-2-6-13-24)35(31)25-20-18-22(19-21-25)26-15-9-16-28-27-14-7-8-17-29(27)36-30(26)28/h1-21H. The molecule has 0 saturated carbocycles. The number of benzene rings is 5. The second-order valence-corrected chi connectivity index (χ2v) is 8.74. The average molecular weight is 464 g/mol. The highest BCUT2D eigenvalue weighted by Gasteiger charge is 2.18. The molecule has 4 heteroatoms. The molecular formula is C32H21N3O. The van der Waals surface area contributed by atoms with Gasteiger partial charge in [-0.25, -0.2) is 0 Å². The second kappa shape index (κ2) is 8.36. The molecule has 0 aliphatic rings. The summed E-state index contributed by atoms with van der Waals surface area (Å²) >= 11 is 0. The number of hydrogen-bond acceptors (Lipinski definition) is 3. The second-order valence-electron chi connectivity index (χ2n) is 8.74. The van der Waals surface area contributed by atoms with E-state index in [0.717, 1.165) is 61.5 Å². The number of para-hydroxylation sites is 2. The lowest BCUT2D eigenvalue weighted by atomic mass is 10.0. The lowest BCUT2D eigenvalue weighted by Crippen LogP contribution is -2.00. The molecule has 0 saturated heterocycles. The van der Waals surface area contributed by atoms with Crippen molar-refractivity contribution in [2.24, 2.45) is 0 Å². The average Bonchev–Trinajstić information content (AvgIpc) is 3.56. The molecule has 2 aromatic heterocycles. The number of rotatable bonds is 4. The Kier molecular flexibility index (Phi) is 4.74. The molecule has 170 valence electrons. The smallest absolute Gasteiger partial charge is 0.168 e. The zero-order chi connectivity index (χ0) is 23.9. The molecule has 0 amide bonds. The van der Waals surface area contributed by atoms with Crippen LogP contribution in [0.3, 0.4) is 0 Å². The minimum Gasteiger partial charge on any atom is -0.455 e. The predicted octanol–water partition coefficient (Wildman–Crippen LogP) is 8.17. The highest BCUT2D eigenvalue weighted by Crippen LogP contribution is 2.36. The van der Waals surface area contributed by atoms with Crippen molar-refractivity contribution < 1.29 is 4.42 Å². The fraction of sp³-hybridized carbons (Fsp3) is 0. The Morgan fingerprint density at radius 3 is 1.72 bits per heavy atom. The maximum atomic E-state index is 6.27. The van der Waals surface area contributed by atoms with Gasteiger partial charge in [-0.3, -0.25) is 4.57 Å². The first-order valence-electron chi connectivity index (χ1n) is 11.9. The number of aromatic nitrogens is 3. The van der Waals surface area contributed by atoms with Gasteiger partial charge in [-0.2, -0.15) is 0 Å². The van der Waals surface area contributed by atoms with Gasteiger partial charge in [0.1, 0.15) is 11.2 Å².